The number of benzene rings is 3. The first kappa shape index (κ1) is 24.1. The van der Waals surface area contributed by atoms with Crippen LogP contribution in [0.4, 0.5) is 17.3 Å². The summed E-state index contributed by atoms with van der Waals surface area (Å²) in [6, 6.07) is 23.0. The minimum absolute atomic E-state index is 0.0584. The lowest BCUT2D eigenvalue weighted by molar-refractivity contribution is 0.395. The summed E-state index contributed by atoms with van der Waals surface area (Å²) < 4.78 is 42.2. The van der Waals surface area contributed by atoms with Crippen LogP contribution in [0.25, 0.3) is 16.7 Å². The Morgan fingerprint density at radius 3 is 2.08 bits per heavy atom. The first-order valence-corrected chi connectivity index (χ1v) is 12.9. The molecule has 0 aliphatic rings. The van der Waals surface area contributed by atoms with Crippen molar-refractivity contribution in [3.05, 3.63) is 90.8 Å². The fourth-order valence-electron chi connectivity index (χ4n) is 3.92. The molecule has 0 spiro atoms. The molecule has 0 amide bonds. The van der Waals surface area contributed by atoms with Crippen LogP contribution in [-0.2, 0) is 10.0 Å². The Labute approximate surface area is 214 Å². The monoisotopic (exact) mass is 515 g/mol. The summed E-state index contributed by atoms with van der Waals surface area (Å²) in [6.07, 6.45) is 1.88. The molecular formula is C27H25N5O4S. The molecule has 0 atom stereocenters. The van der Waals surface area contributed by atoms with Crippen molar-refractivity contribution in [2.75, 3.05) is 24.3 Å². The van der Waals surface area contributed by atoms with Crippen LogP contribution < -0.4 is 19.5 Å². The van der Waals surface area contributed by atoms with Crippen molar-refractivity contribution < 1.29 is 17.9 Å². The van der Waals surface area contributed by atoms with Gasteiger partial charge in [0.1, 0.15) is 11.5 Å². The zero-order valence-electron chi connectivity index (χ0n) is 20.5. The summed E-state index contributed by atoms with van der Waals surface area (Å²) in [7, 11) is -0.898. The first-order valence-electron chi connectivity index (χ1n) is 11.4. The zero-order chi connectivity index (χ0) is 26.0. The molecule has 9 nitrogen and oxygen atoms in total. The molecule has 0 aliphatic heterocycles. The van der Waals surface area contributed by atoms with Gasteiger partial charge in [-0.05, 0) is 49.4 Å². The summed E-state index contributed by atoms with van der Waals surface area (Å²) in [5.41, 5.74) is 3.46. The van der Waals surface area contributed by atoms with Gasteiger partial charge in [-0.15, -0.1) is 0 Å². The maximum absolute atomic E-state index is 13.5. The average molecular weight is 516 g/mol. The Bertz CT molecular complexity index is 1680. The molecule has 37 heavy (non-hydrogen) atoms. The summed E-state index contributed by atoms with van der Waals surface area (Å²) in [5, 5.41) is 3.16. The van der Waals surface area contributed by atoms with Crippen LogP contribution in [0.1, 0.15) is 5.69 Å². The van der Waals surface area contributed by atoms with E-state index in [4.69, 9.17) is 9.47 Å². The van der Waals surface area contributed by atoms with Crippen LogP contribution in [0.3, 0.4) is 0 Å². The number of nitrogens with zero attached hydrogens (tertiary/aromatic N) is 3. The van der Waals surface area contributed by atoms with Gasteiger partial charge in [0.25, 0.3) is 10.0 Å². The highest BCUT2D eigenvalue weighted by Crippen LogP contribution is 2.31. The van der Waals surface area contributed by atoms with Crippen molar-refractivity contribution >= 4 is 38.4 Å². The van der Waals surface area contributed by atoms with E-state index in [1.54, 1.807) is 62.8 Å². The number of fused-ring (bicyclic) bond motifs is 1. The number of nitrogens with one attached hydrogen (secondary N) is 2. The second kappa shape index (κ2) is 9.82. The molecule has 5 rings (SSSR count). The van der Waals surface area contributed by atoms with E-state index in [9.17, 15) is 8.42 Å². The standard InChI is InChI=1S/C27H25N5O4S/c1-18-8-7-13-32(18)20-9-6-10-23(16-20)37(33,34)31-27-26(29-24-11-4-5-12-25(24)30-27)28-19-14-21(35-2)17-22(15-19)36-3/h4-17H,1-3H3,(H,28,29)(H,30,31). The van der Waals surface area contributed by atoms with E-state index in [0.29, 0.717) is 28.2 Å². The molecule has 0 radical (unpaired) electrons. The quantitative estimate of drug-likeness (QED) is 0.289. The number of sulfonamides is 1. The predicted octanol–water partition coefficient (Wildman–Crippen LogP) is 5.29. The number of aryl methyl sites for hydroxylation is 1. The predicted molar refractivity (Wildman–Crippen MR) is 144 cm³/mol. The third kappa shape index (κ3) is 5.05. The van der Waals surface area contributed by atoms with Gasteiger partial charge >= 0.3 is 0 Å². The van der Waals surface area contributed by atoms with E-state index < -0.39 is 10.0 Å². The molecule has 0 unspecified atom stereocenters. The van der Waals surface area contributed by atoms with Gasteiger partial charge in [-0.2, -0.15) is 0 Å². The molecule has 2 aromatic heterocycles. The van der Waals surface area contributed by atoms with Crippen LogP contribution in [0.15, 0.2) is 90.0 Å². The third-order valence-corrected chi connectivity index (χ3v) is 7.11. The molecule has 188 valence electrons. The second-order valence-corrected chi connectivity index (χ2v) is 9.94. The van der Waals surface area contributed by atoms with Crippen molar-refractivity contribution in [3.63, 3.8) is 0 Å². The van der Waals surface area contributed by atoms with E-state index in [2.05, 4.69) is 20.0 Å². The van der Waals surface area contributed by atoms with Gasteiger partial charge < -0.3 is 19.4 Å². The number of hydrogen-bond acceptors (Lipinski definition) is 7. The Morgan fingerprint density at radius 1 is 0.784 bits per heavy atom. The molecule has 2 heterocycles. The summed E-state index contributed by atoms with van der Waals surface area (Å²) >= 11 is 0. The van der Waals surface area contributed by atoms with Crippen LogP contribution in [0.2, 0.25) is 0 Å². The lowest BCUT2D eigenvalue weighted by atomic mass is 10.2. The molecule has 0 saturated carbocycles. The van der Waals surface area contributed by atoms with Crippen molar-refractivity contribution in [3.8, 4) is 17.2 Å². The largest absolute Gasteiger partial charge is 0.497 e. The topological polar surface area (TPSA) is 107 Å². The van der Waals surface area contributed by atoms with E-state index >= 15 is 0 Å². The number of anilines is 3. The fraction of sp³-hybridized carbons (Fsp3) is 0.111. The van der Waals surface area contributed by atoms with Gasteiger partial charge in [0.15, 0.2) is 11.6 Å². The molecule has 0 bridgehead atoms. The molecule has 0 saturated heterocycles. The van der Waals surface area contributed by atoms with Crippen molar-refractivity contribution in [1.29, 1.82) is 0 Å². The Balaban J connectivity index is 1.56. The summed E-state index contributed by atoms with van der Waals surface area (Å²) in [5.74, 6) is 1.42. The van der Waals surface area contributed by atoms with Gasteiger partial charge in [0.2, 0.25) is 0 Å². The number of para-hydroxylation sites is 2. The van der Waals surface area contributed by atoms with Gasteiger partial charge in [0, 0.05) is 41.5 Å². The number of rotatable bonds is 8. The zero-order valence-corrected chi connectivity index (χ0v) is 21.3. The van der Waals surface area contributed by atoms with Gasteiger partial charge in [-0.25, -0.2) is 18.4 Å². The smallest absolute Gasteiger partial charge is 0.263 e. The molecule has 0 aliphatic carbocycles. The van der Waals surface area contributed by atoms with Crippen LogP contribution >= 0.6 is 0 Å². The van der Waals surface area contributed by atoms with Gasteiger partial charge in [-0.3, -0.25) is 4.72 Å². The lowest BCUT2D eigenvalue weighted by Crippen LogP contribution is -2.16. The van der Waals surface area contributed by atoms with Gasteiger partial charge in [0.05, 0.1) is 30.1 Å². The van der Waals surface area contributed by atoms with Crippen molar-refractivity contribution in [1.82, 2.24) is 14.5 Å². The minimum atomic E-state index is -4.00. The molecule has 2 N–H and O–H groups in total. The number of ether oxygens (including phenoxy) is 2. The Kier molecular flexibility index (Phi) is 6.41. The Morgan fingerprint density at radius 2 is 1.46 bits per heavy atom. The van der Waals surface area contributed by atoms with Crippen molar-refractivity contribution in [2.45, 2.75) is 11.8 Å². The Hall–Kier alpha value is -4.57. The van der Waals surface area contributed by atoms with E-state index in [1.165, 1.54) is 0 Å². The first-order chi connectivity index (χ1) is 17.9. The fourth-order valence-corrected chi connectivity index (χ4v) is 4.97. The maximum Gasteiger partial charge on any atom is 0.263 e. The minimum Gasteiger partial charge on any atom is -0.497 e. The highest BCUT2D eigenvalue weighted by Gasteiger charge is 2.20. The normalized spacial score (nSPS) is 11.3. The SMILES string of the molecule is COc1cc(Nc2nc3ccccc3nc2NS(=O)(=O)c2cccc(-n3cccc3C)c2)cc(OC)c1. The maximum atomic E-state index is 13.5. The third-order valence-electron chi connectivity index (χ3n) is 5.77. The van der Waals surface area contributed by atoms with Crippen LogP contribution in [-0.4, -0.2) is 37.2 Å². The van der Waals surface area contributed by atoms with E-state index in [-0.39, 0.29) is 16.5 Å². The molecule has 10 heteroatoms. The summed E-state index contributed by atoms with van der Waals surface area (Å²) in [4.78, 5) is 9.31. The number of hydrogen-bond donors (Lipinski definition) is 2. The summed E-state index contributed by atoms with van der Waals surface area (Å²) in [6.45, 7) is 1.95. The average Bonchev–Trinajstić information content (AvgIpc) is 3.34. The van der Waals surface area contributed by atoms with E-state index in [1.807, 2.05) is 48.0 Å². The van der Waals surface area contributed by atoms with E-state index in [0.717, 1.165) is 11.4 Å². The molecular weight excluding hydrogens is 490 g/mol. The van der Waals surface area contributed by atoms with Crippen LogP contribution in [0, 0.1) is 6.92 Å². The lowest BCUT2D eigenvalue weighted by Gasteiger charge is -2.15. The molecule has 0 fully saturated rings. The molecule has 5 aromatic rings. The van der Waals surface area contributed by atoms with Crippen molar-refractivity contribution in [2.24, 2.45) is 0 Å². The molecule has 3 aromatic carbocycles. The van der Waals surface area contributed by atoms with Crippen LogP contribution in [0.5, 0.6) is 11.5 Å². The number of methoxy groups -OCH3 is 2. The number of aromatic nitrogens is 3. The highest BCUT2D eigenvalue weighted by atomic mass is 32.2. The highest BCUT2D eigenvalue weighted by molar-refractivity contribution is 7.92. The van der Waals surface area contributed by atoms with Gasteiger partial charge in [-0.1, -0.05) is 18.2 Å². The second-order valence-electron chi connectivity index (χ2n) is 8.26.